The summed E-state index contributed by atoms with van der Waals surface area (Å²) in [6.07, 6.45) is 0.761. The minimum atomic E-state index is -0.288. The van der Waals surface area contributed by atoms with Crippen LogP contribution in [0.4, 0.5) is 0 Å². The van der Waals surface area contributed by atoms with Gasteiger partial charge in [-0.3, -0.25) is 4.79 Å². The molecular weight excluding hydrogens is 424 g/mol. The Hall–Kier alpha value is -1.70. The number of halogens is 2. The van der Waals surface area contributed by atoms with Crippen LogP contribution >= 0.6 is 38.9 Å². The number of pyridine rings is 1. The van der Waals surface area contributed by atoms with Crippen molar-refractivity contribution in [1.29, 1.82) is 0 Å². The third-order valence-corrected chi connectivity index (χ3v) is 5.55. The molecule has 3 rings (SSSR count). The lowest BCUT2D eigenvalue weighted by Gasteiger charge is -2.09. The summed E-state index contributed by atoms with van der Waals surface area (Å²) in [7, 11) is 0. The molecule has 1 amide bonds. The Bertz CT molecular complexity index is 921. The van der Waals surface area contributed by atoms with Crippen molar-refractivity contribution >= 4 is 44.8 Å². The summed E-state index contributed by atoms with van der Waals surface area (Å²) in [6.45, 7) is 4.37. The fourth-order valence-electron chi connectivity index (χ4n) is 2.44. The minimum absolute atomic E-state index is 0.207. The van der Waals surface area contributed by atoms with Crippen LogP contribution in [0.5, 0.6) is 0 Å². The topological polar surface area (TPSA) is 59.8 Å². The Balaban J connectivity index is 1.73. The van der Waals surface area contributed by atoms with E-state index in [9.17, 15) is 4.79 Å². The molecule has 3 aromatic heterocycles. The maximum Gasteiger partial charge on any atom is 0.271 e. The third kappa shape index (κ3) is 4.29. The maximum atomic E-state index is 12.4. The quantitative estimate of drug-likeness (QED) is 0.643. The van der Waals surface area contributed by atoms with Gasteiger partial charge in [-0.05, 0) is 66.5 Å². The van der Waals surface area contributed by atoms with E-state index in [2.05, 4.69) is 31.3 Å². The second kappa shape index (κ2) is 7.68. The molecule has 3 aromatic rings. The van der Waals surface area contributed by atoms with Crippen molar-refractivity contribution in [2.75, 3.05) is 6.54 Å². The van der Waals surface area contributed by atoms with Gasteiger partial charge in [-0.2, -0.15) is 5.10 Å². The highest BCUT2D eigenvalue weighted by molar-refractivity contribution is 9.11. The van der Waals surface area contributed by atoms with E-state index < -0.39 is 0 Å². The lowest BCUT2D eigenvalue weighted by molar-refractivity contribution is 0.0949. The van der Waals surface area contributed by atoms with Crippen molar-refractivity contribution in [2.24, 2.45) is 0 Å². The van der Waals surface area contributed by atoms with Gasteiger partial charge >= 0.3 is 0 Å². The van der Waals surface area contributed by atoms with Gasteiger partial charge in [0.25, 0.3) is 5.91 Å². The molecule has 0 aliphatic carbocycles. The number of hydrogen-bond donors (Lipinski definition) is 1. The number of amides is 1. The number of aromatic nitrogens is 3. The van der Waals surface area contributed by atoms with Crippen LogP contribution < -0.4 is 5.32 Å². The number of aryl methyl sites for hydroxylation is 2. The predicted octanol–water partition coefficient (Wildman–Crippen LogP) is 4.33. The van der Waals surface area contributed by atoms with Gasteiger partial charge in [-0.1, -0.05) is 11.6 Å². The molecule has 0 aliphatic rings. The highest BCUT2D eigenvalue weighted by atomic mass is 79.9. The Kier molecular flexibility index (Phi) is 5.56. The van der Waals surface area contributed by atoms with Crippen molar-refractivity contribution in [3.05, 3.63) is 61.1 Å². The van der Waals surface area contributed by atoms with Gasteiger partial charge in [-0.15, -0.1) is 11.3 Å². The number of nitrogens with one attached hydrogen (secondary N) is 1. The van der Waals surface area contributed by atoms with E-state index in [1.54, 1.807) is 28.2 Å². The first-order valence-corrected chi connectivity index (χ1v) is 9.65. The van der Waals surface area contributed by atoms with E-state index in [0.29, 0.717) is 17.4 Å². The molecular formula is C17H16BrClN4OS. The molecule has 0 bridgehead atoms. The number of carbonyl (C=O) groups is 1. The third-order valence-electron chi connectivity index (χ3n) is 3.56. The molecule has 0 fully saturated rings. The van der Waals surface area contributed by atoms with E-state index in [4.69, 9.17) is 11.6 Å². The SMILES string of the molecule is Cc1cc(C)n(-c2ccc(Cl)c(C(=O)NCCc3ccc(Br)s3)n2)n1. The lowest BCUT2D eigenvalue weighted by Crippen LogP contribution is -2.27. The molecule has 130 valence electrons. The average Bonchev–Trinajstić information content (AvgIpc) is 3.12. The monoisotopic (exact) mass is 438 g/mol. The predicted molar refractivity (Wildman–Crippen MR) is 104 cm³/mol. The van der Waals surface area contributed by atoms with Crippen molar-refractivity contribution in [3.63, 3.8) is 0 Å². The zero-order valence-corrected chi connectivity index (χ0v) is 16.9. The summed E-state index contributed by atoms with van der Waals surface area (Å²) in [5, 5.41) is 7.58. The van der Waals surface area contributed by atoms with Crippen molar-refractivity contribution in [3.8, 4) is 5.82 Å². The lowest BCUT2D eigenvalue weighted by atomic mass is 10.3. The van der Waals surface area contributed by atoms with Gasteiger partial charge < -0.3 is 5.32 Å². The highest BCUT2D eigenvalue weighted by Gasteiger charge is 2.15. The van der Waals surface area contributed by atoms with E-state index in [-0.39, 0.29) is 11.6 Å². The fraction of sp³-hybridized carbons (Fsp3) is 0.235. The van der Waals surface area contributed by atoms with Gasteiger partial charge in [0.1, 0.15) is 5.69 Å². The van der Waals surface area contributed by atoms with Crippen molar-refractivity contribution in [2.45, 2.75) is 20.3 Å². The Morgan fingerprint density at radius 2 is 2.12 bits per heavy atom. The van der Waals surface area contributed by atoms with Crippen LogP contribution in [0.25, 0.3) is 5.82 Å². The Labute approximate surface area is 163 Å². The zero-order chi connectivity index (χ0) is 18.0. The molecule has 8 heteroatoms. The van der Waals surface area contributed by atoms with Crippen molar-refractivity contribution < 1.29 is 4.79 Å². The summed E-state index contributed by atoms with van der Waals surface area (Å²) in [5.74, 6) is 0.284. The minimum Gasteiger partial charge on any atom is -0.350 e. The normalized spacial score (nSPS) is 10.9. The van der Waals surface area contributed by atoms with E-state index >= 15 is 0 Å². The first-order valence-electron chi connectivity index (χ1n) is 7.66. The summed E-state index contributed by atoms with van der Waals surface area (Å²) in [4.78, 5) is 18.0. The Morgan fingerprint density at radius 3 is 2.76 bits per heavy atom. The van der Waals surface area contributed by atoms with Crippen molar-refractivity contribution in [1.82, 2.24) is 20.1 Å². The molecule has 5 nitrogen and oxygen atoms in total. The summed E-state index contributed by atoms with van der Waals surface area (Å²) in [6, 6.07) is 9.41. The van der Waals surface area contributed by atoms with E-state index in [0.717, 1.165) is 21.6 Å². The second-order valence-corrected chi connectivity index (χ2v) is 8.51. The van der Waals surface area contributed by atoms with Crippen LogP contribution in [0.3, 0.4) is 0 Å². The van der Waals surface area contributed by atoms with Crippen LogP contribution in [0, 0.1) is 13.8 Å². The van der Waals surface area contributed by atoms with E-state index in [1.807, 2.05) is 32.0 Å². The number of rotatable bonds is 5. The van der Waals surface area contributed by atoms with Gasteiger partial charge in [0.15, 0.2) is 5.82 Å². The first kappa shape index (κ1) is 18.1. The summed E-state index contributed by atoms with van der Waals surface area (Å²) < 4.78 is 2.78. The molecule has 0 unspecified atom stereocenters. The van der Waals surface area contributed by atoms with Gasteiger partial charge in [0.2, 0.25) is 0 Å². The fourth-order valence-corrected chi connectivity index (χ4v) is 4.11. The van der Waals surface area contributed by atoms with Gasteiger partial charge in [0.05, 0.1) is 14.5 Å². The van der Waals surface area contributed by atoms with Gasteiger partial charge in [-0.25, -0.2) is 9.67 Å². The largest absolute Gasteiger partial charge is 0.350 e. The molecule has 0 saturated carbocycles. The highest BCUT2D eigenvalue weighted by Crippen LogP contribution is 2.22. The first-order chi connectivity index (χ1) is 11.9. The maximum absolute atomic E-state index is 12.4. The molecule has 0 radical (unpaired) electrons. The zero-order valence-electron chi connectivity index (χ0n) is 13.7. The summed E-state index contributed by atoms with van der Waals surface area (Å²) >= 11 is 11.3. The molecule has 0 aromatic carbocycles. The smallest absolute Gasteiger partial charge is 0.271 e. The Morgan fingerprint density at radius 1 is 1.32 bits per heavy atom. The van der Waals surface area contributed by atoms with E-state index in [1.165, 1.54) is 4.88 Å². The number of thiophene rings is 1. The van der Waals surface area contributed by atoms with Crippen LogP contribution in [0.2, 0.25) is 5.02 Å². The number of hydrogen-bond acceptors (Lipinski definition) is 4. The molecule has 25 heavy (non-hydrogen) atoms. The molecule has 0 spiro atoms. The molecule has 0 atom stereocenters. The second-order valence-electron chi connectivity index (χ2n) is 5.55. The molecule has 0 aliphatic heterocycles. The van der Waals surface area contributed by atoms with Gasteiger partial charge in [0, 0.05) is 17.1 Å². The average molecular weight is 440 g/mol. The molecule has 3 heterocycles. The number of nitrogens with zero attached hydrogens (tertiary/aromatic N) is 3. The summed E-state index contributed by atoms with van der Waals surface area (Å²) in [5.41, 5.74) is 2.04. The standard InChI is InChI=1S/C17H16BrClN4OS/c1-10-9-11(2)23(22-10)15-6-4-13(19)16(21-15)17(24)20-8-7-12-3-5-14(18)25-12/h3-6,9H,7-8H2,1-2H3,(H,20,24). The molecule has 0 saturated heterocycles. The van der Waals surface area contributed by atoms with Crippen LogP contribution in [-0.4, -0.2) is 27.2 Å². The number of carbonyl (C=O) groups excluding carboxylic acids is 1. The van der Waals surface area contributed by atoms with Crippen LogP contribution in [-0.2, 0) is 6.42 Å². The van der Waals surface area contributed by atoms with Crippen LogP contribution in [0.1, 0.15) is 26.8 Å². The van der Waals surface area contributed by atoms with Crippen LogP contribution in [0.15, 0.2) is 34.1 Å². The molecule has 1 N–H and O–H groups in total.